The van der Waals surface area contributed by atoms with Crippen molar-refractivity contribution in [3.8, 4) is 17.0 Å². The highest BCUT2D eigenvalue weighted by molar-refractivity contribution is 6.31. The van der Waals surface area contributed by atoms with Crippen LogP contribution in [0.15, 0.2) is 54.6 Å². The van der Waals surface area contributed by atoms with Gasteiger partial charge in [-0.15, -0.1) is 10.2 Å². The molecule has 0 saturated carbocycles. The maximum absolute atomic E-state index is 12.6. The number of nitrogens with zero attached hydrogens (tertiary/aromatic N) is 4. The van der Waals surface area contributed by atoms with Crippen molar-refractivity contribution in [2.24, 2.45) is 0 Å². The number of anilines is 1. The number of fused-ring (bicyclic) bond motifs is 1. The van der Waals surface area contributed by atoms with E-state index in [0.29, 0.717) is 27.9 Å². The molecule has 0 saturated heterocycles. The second-order valence-electron chi connectivity index (χ2n) is 6.98. The summed E-state index contributed by atoms with van der Waals surface area (Å²) in [7, 11) is 0. The Hall–Kier alpha value is -3.45. The van der Waals surface area contributed by atoms with Gasteiger partial charge in [0.15, 0.2) is 17.6 Å². The molecule has 1 N–H and O–H groups in total. The zero-order valence-electron chi connectivity index (χ0n) is 16.8. The van der Waals surface area contributed by atoms with E-state index in [4.69, 9.17) is 16.3 Å². The highest BCUT2D eigenvalue weighted by Crippen LogP contribution is 2.23. The number of hydrogen-bond donors (Lipinski definition) is 1. The van der Waals surface area contributed by atoms with Crippen LogP contribution in [-0.2, 0) is 4.79 Å². The fourth-order valence-corrected chi connectivity index (χ4v) is 3.12. The highest BCUT2D eigenvalue weighted by atomic mass is 35.5. The predicted octanol–water partition coefficient (Wildman–Crippen LogP) is 4.47. The Balaban J connectivity index is 1.49. The van der Waals surface area contributed by atoms with Crippen LogP contribution in [0, 0.1) is 13.8 Å². The summed E-state index contributed by atoms with van der Waals surface area (Å²) in [5.74, 6) is 1.05. The van der Waals surface area contributed by atoms with Crippen LogP contribution in [0.1, 0.15) is 18.3 Å². The minimum absolute atomic E-state index is 0.252. The summed E-state index contributed by atoms with van der Waals surface area (Å²) in [6.45, 7) is 5.43. The van der Waals surface area contributed by atoms with Crippen LogP contribution in [0.2, 0.25) is 5.02 Å². The SMILES string of the molecule is Cc1cc(OC(C)C(=O)Nc2cccc(-c3ccc4nnc(C)n4n3)c2)ccc1Cl. The van der Waals surface area contributed by atoms with Gasteiger partial charge in [0.25, 0.3) is 5.91 Å². The standard InChI is InChI=1S/C22H20ClN5O2/c1-13-11-18(7-8-19(13)23)30-14(2)22(29)24-17-6-4-5-16(12-17)20-9-10-21-26-25-15(3)28(21)27-20/h4-12,14H,1-3H3,(H,24,29). The average Bonchev–Trinajstić information content (AvgIpc) is 3.11. The Morgan fingerprint density at radius 2 is 1.93 bits per heavy atom. The fourth-order valence-electron chi connectivity index (χ4n) is 3.00. The molecule has 0 fully saturated rings. The zero-order chi connectivity index (χ0) is 21.3. The molecule has 4 aromatic rings. The lowest BCUT2D eigenvalue weighted by molar-refractivity contribution is -0.122. The Morgan fingerprint density at radius 1 is 1.10 bits per heavy atom. The summed E-state index contributed by atoms with van der Waals surface area (Å²) < 4.78 is 7.44. The number of ether oxygens (including phenoxy) is 1. The molecule has 0 aliphatic rings. The first-order valence-corrected chi connectivity index (χ1v) is 9.82. The quantitative estimate of drug-likeness (QED) is 0.514. The zero-order valence-corrected chi connectivity index (χ0v) is 17.5. The molecule has 1 unspecified atom stereocenters. The van der Waals surface area contributed by atoms with Crippen molar-refractivity contribution in [3.63, 3.8) is 0 Å². The van der Waals surface area contributed by atoms with Crippen molar-refractivity contribution in [3.05, 3.63) is 71.0 Å². The molecular formula is C22H20ClN5O2. The van der Waals surface area contributed by atoms with Gasteiger partial charge in [0, 0.05) is 16.3 Å². The Bertz CT molecular complexity index is 1240. The summed E-state index contributed by atoms with van der Waals surface area (Å²) in [4.78, 5) is 12.6. The van der Waals surface area contributed by atoms with Crippen molar-refractivity contribution >= 4 is 28.8 Å². The highest BCUT2D eigenvalue weighted by Gasteiger charge is 2.16. The summed E-state index contributed by atoms with van der Waals surface area (Å²) in [6.07, 6.45) is -0.677. The van der Waals surface area contributed by atoms with Crippen LogP contribution in [0.4, 0.5) is 5.69 Å². The third-order valence-corrected chi connectivity index (χ3v) is 5.08. The second-order valence-corrected chi connectivity index (χ2v) is 7.38. The Labute approximate surface area is 178 Å². The maximum atomic E-state index is 12.6. The molecule has 8 heteroatoms. The molecule has 152 valence electrons. The third kappa shape index (κ3) is 4.11. The minimum atomic E-state index is -0.677. The molecule has 0 bridgehead atoms. The summed E-state index contributed by atoms with van der Waals surface area (Å²) in [5.41, 5.74) is 3.85. The van der Waals surface area contributed by atoms with Crippen LogP contribution in [0.5, 0.6) is 5.75 Å². The molecule has 0 radical (unpaired) electrons. The van der Waals surface area contributed by atoms with Crippen molar-refractivity contribution in [1.29, 1.82) is 0 Å². The Kier molecular flexibility index (Phi) is 5.37. The number of nitrogens with one attached hydrogen (secondary N) is 1. The first-order valence-electron chi connectivity index (χ1n) is 9.44. The van der Waals surface area contributed by atoms with E-state index < -0.39 is 6.10 Å². The van der Waals surface area contributed by atoms with Crippen LogP contribution >= 0.6 is 11.6 Å². The van der Waals surface area contributed by atoms with E-state index in [1.807, 2.05) is 56.3 Å². The lowest BCUT2D eigenvalue weighted by atomic mass is 10.1. The van der Waals surface area contributed by atoms with Gasteiger partial charge in [0.2, 0.25) is 0 Å². The maximum Gasteiger partial charge on any atom is 0.265 e. The lowest BCUT2D eigenvalue weighted by Gasteiger charge is -2.16. The van der Waals surface area contributed by atoms with Crippen LogP contribution < -0.4 is 10.1 Å². The van der Waals surface area contributed by atoms with Gasteiger partial charge in [-0.3, -0.25) is 4.79 Å². The molecule has 2 heterocycles. The van der Waals surface area contributed by atoms with Crippen LogP contribution in [0.3, 0.4) is 0 Å². The number of halogens is 1. The van der Waals surface area contributed by atoms with Crippen molar-refractivity contribution in [2.45, 2.75) is 26.9 Å². The normalized spacial score (nSPS) is 12.0. The number of benzene rings is 2. The third-order valence-electron chi connectivity index (χ3n) is 4.66. The number of hydrogen-bond acceptors (Lipinski definition) is 5. The topological polar surface area (TPSA) is 81.4 Å². The molecule has 0 aliphatic heterocycles. The van der Waals surface area contributed by atoms with E-state index in [2.05, 4.69) is 20.6 Å². The van der Waals surface area contributed by atoms with Gasteiger partial charge in [-0.05, 0) is 68.8 Å². The average molecular weight is 422 g/mol. The molecule has 30 heavy (non-hydrogen) atoms. The lowest BCUT2D eigenvalue weighted by Crippen LogP contribution is -2.30. The number of rotatable bonds is 5. The van der Waals surface area contributed by atoms with Crippen molar-refractivity contribution in [1.82, 2.24) is 19.8 Å². The first kappa shape index (κ1) is 19.8. The van der Waals surface area contributed by atoms with Gasteiger partial charge in [-0.1, -0.05) is 23.7 Å². The molecule has 1 atom stereocenters. The molecular weight excluding hydrogens is 402 g/mol. The molecule has 2 aromatic carbocycles. The number of carbonyl (C=O) groups excluding carboxylic acids is 1. The van der Waals surface area contributed by atoms with Crippen LogP contribution in [-0.4, -0.2) is 31.8 Å². The molecule has 0 aliphatic carbocycles. The summed E-state index contributed by atoms with van der Waals surface area (Å²) in [5, 5.41) is 16.2. The molecule has 7 nitrogen and oxygen atoms in total. The number of carbonyl (C=O) groups is 1. The monoisotopic (exact) mass is 421 g/mol. The fraction of sp³-hybridized carbons (Fsp3) is 0.182. The van der Waals surface area contributed by atoms with Gasteiger partial charge in [-0.25, -0.2) is 0 Å². The smallest absolute Gasteiger partial charge is 0.265 e. The van der Waals surface area contributed by atoms with Gasteiger partial charge >= 0.3 is 0 Å². The second kappa shape index (κ2) is 8.12. The summed E-state index contributed by atoms with van der Waals surface area (Å²) in [6, 6.07) is 16.5. The first-order chi connectivity index (χ1) is 14.4. The van der Waals surface area contributed by atoms with Crippen LogP contribution in [0.25, 0.3) is 16.9 Å². The molecule has 0 spiro atoms. The van der Waals surface area contributed by atoms with E-state index >= 15 is 0 Å². The summed E-state index contributed by atoms with van der Waals surface area (Å²) >= 11 is 6.04. The van der Waals surface area contributed by atoms with E-state index in [0.717, 1.165) is 16.8 Å². The van der Waals surface area contributed by atoms with Gasteiger partial charge in [-0.2, -0.15) is 9.61 Å². The minimum Gasteiger partial charge on any atom is -0.481 e. The van der Waals surface area contributed by atoms with Crippen molar-refractivity contribution in [2.75, 3.05) is 5.32 Å². The van der Waals surface area contributed by atoms with E-state index in [-0.39, 0.29) is 5.91 Å². The number of amides is 1. The number of aryl methyl sites for hydroxylation is 2. The number of aromatic nitrogens is 4. The Morgan fingerprint density at radius 3 is 2.73 bits per heavy atom. The largest absolute Gasteiger partial charge is 0.481 e. The van der Waals surface area contributed by atoms with E-state index in [1.54, 1.807) is 23.6 Å². The van der Waals surface area contributed by atoms with Gasteiger partial charge in [0.05, 0.1) is 5.69 Å². The molecule has 4 rings (SSSR count). The molecule has 2 aromatic heterocycles. The predicted molar refractivity (Wildman–Crippen MR) is 116 cm³/mol. The molecule has 1 amide bonds. The van der Waals surface area contributed by atoms with Crippen molar-refractivity contribution < 1.29 is 9.53 Å². The van der Waals surface area contributed by atoms with Gasteiger partial charge < -0.3 is 10.1 Å². The van der Waals surface area contributed by atoms with Gasteiger partial charge in [0.1, 0.15) is 5.75 Å². The van der Waals surface area contributed by atoms with E-state index in [9.17, 15) is 4.79 Å². The van der Waals surface area contributed by atoms with E-state index in [1.165, 1.54) is 0 Å².